The molecule has 0 fully saturated rings. The minimum Gasteiger partial charge on any atom is -0.507 e. The van der Waals surface area contributed by atoms with E-state index in [1.807, 2.05) is 38.1 Å². The average molecular weight is 442 g/mol. The average Bonchev–Trinajstić information content (AvgIpc) is 3.40. The summed E-state index contributed by atoms with van der Waals surface area (Å²) in [6.45, 7) is 4.08. The van der Waals surface area contributed by atoms with Gasteiger partial charge in [0.1, 0.15) is 5.75 Å². The number of nitrogens with zero attached hydrogens (tertiary/aromatic N) is 4. The van der Waals surface area contributed by atoms with Crippen molar-refractivity contribution in [3.63, 3.8) is 0 Å². The molecule has 0 aliphatic carbocycles. The standard InChI is InChI=1S/C24H22N6O3/c1-12(2)21-16-10-17(20(31)11-18(16)26-27-21)22-28-29-24(33)30(22)19-9-8-15(23(32)25-3)13-6-4-5-7-14(13)19/h4-12,31H,1-3H3,(H,25,32)(H,26,27)(H,29,33). The summed E-state index contributed by atoms with van der Waals surface area (Å²) in [6.07, 6.45) is 0. The van der Waals surface area contributed by atoms with E-state index < -0.39 is 0 Å². The molecule has 0 radical (unpaired) electrons. The van der Waals surface area contributed by atoms with E-state index in [4.69, 9.17) is 0 Å². The lowest BCUT2D eigenvalue weighted by atomic mass is 10.0. The number of aromatic amines is 1. The number of fused-ring (bicyclic) bond motifs is 2. The molecule has 0 atom stereocenters. The highest BCUT2D eigenvalue weighted by atomic mass is 16.3. The van der Waals surface area contributed by atoms with Crippen LogP contribution in [0.15, 0.2) is 48.5 Å². The van der Waals surface area contributed by atoms with E-state index in [0.717, 1.165) is 16.5 Å². The van der Waals surface area contributed by atoms with Crippen LogP contribution in [0.1, 0.15) is 35.8 Å². The molecule has 3 aromatic carbocycles. The highest BCUT2D eigenvalue weighted by Gasteiger charge is 2.22. The summed E-state index contributed by atoms with van der Waals surface area (Å²) in [5.41, 5.74) is 3.05. The van der Waals surface area contributed by atoms with Gasteiger partial charge in [0.2, 0.25) is 0 Å². The van der Waals surface area contributed by atoms with Gasteiger partial charge in [0.25, 0.3) is 5.91 Å². The van der Waals surface area contributed by atoms with Crippen molar-refractivity contribution in [1.29, 1.82) is 0 Å². The second kappa shape index (κ2) is 7.63. The van der Waals surface area contributed by atoms with Crippen LogP contribution in [0.4, 0.5) is 0 Å². The molecule has 166 valence electrons. The maximum atomic E-state index is 12.4. The van der Waals surface area contributed by atoms with Crippen LogP contribution in [-0.4, -0.2) is 48.1 Å². The van der Waals surface area contributed by atoms with Crippen LogP contribution in [0.2, 0.25) is 0 Å². The van der Waals surface area contributed by atoms with Crippen LogP contribution in [0, 0.1) is 0 Å². The van der Waals surface area contributed by atoms with Gasteiger partial charge in [-0.1, -0.05) is 43.2 Å². The number of nitrogens with one attached hydrogen (secondary N) is 2. The largest absolute Gasteiger partial charge is 0.507 e. The van der Waals surface area contributed by atoms with Crippen LogP contribution in [0.5, 0.6) is 11.8 Å². The zero-order valence-electron chi connectivity index (χ0n) is 18.3. The number of carbonyl (C=O) groups is 1. The number of phenolic OH excluding ortho intramolecular Hbond substituents is 1. The lowest BCUT2D eigenvalue weighted by molar-refractivity contribution is 0.0964. The van der Waals surface area contributed by atoms with Gasteiger partial charge in [-0.15, -0.1) is 5.10 Å². The molecule has 2 heterocycles. The number of benzene rings is 3. The van der Waals surface area contributed by atoms with E-state index >= 15 is 0 Å². The summed E-state index contributed by atoms with van der Waals surface area (Å²) >= 11 is 0. The van der Waals surface area contributed by atoms with Crippen LogP contribution >= 0.6 is 0 Å². The van der Waals surface area contributed by atoms with E-state index in [0.29, 0.717) is 27.7 Å². The quantitative estimate of drug-likeness (QED) is 0.335. The second-order valence-corrected chi connectivity index (χ2v) is 8.09. The number of hydrogen-bond acceptors (Lipinski definition) is 6. The minimum absolute atomic E-state index is 0.0265. The third-order valence-corrected chi connectivity index (χ3v) is 5.76. The summed E-state index contributed by atoms with van der Waals surface area (Å²) in [5, 5.41) is 41.7. The van der Waals surface area contributed by atoms with Gasteiger partial charge in [-0.3, -0.25) is 9.89 Å². The third-order valence-electron chi connectivity index (χ3n) is 5.76. The molecule has 0 bridgehead atoms. The first kappa shape index (κ1) is 20.5. The molecule has 0 spiro atoms. The Bertz CT molecular complexity index is 1530. The molecule has 9 nitrogen and oxygen atoms in total. The van der Waals surface area contributed by atoms with E-state index in [2.05, 4.69) is 25.7 Å². The number of aromatic hydroxyl groups is 2. The van der Waals surface area contributed by atoms with Gasteiger partial charge in [-0.05, 0) is 29.5 Å². The SMILES string of the molecule is CNC(=O)c1ccc(-n2c(O)nnc2-c2cc3c(C(C)C)n[nH]c3cc2O)c2ccccc12. The molecule has 4 N–H and O–H groups in total. The molecular weight excluding hydrogens is 420 g/mol. The van der Waals surface area contributed by atoms with Crippen molar-refractivity contribution in [2.45, 2.75) is 19.8 Å². The van der Waals surface area contributed by atoms with E-state index in [1.54, 1.807) is 31.3 Å². The van der Waals surface area contributed by atoms with Crippen LogP contribution < -0.4 is 5.32 Å². The number of rotatable bonds is 4. The fraction of sp³-hybridized carbons (Fsp3) is 0.167. The molecule has 0 saturated carbocycles. The van der Waals surface area contributed by atoms with Crippen molar-refractivity contribution in [2.24, 2.45) is 0 Å². The zero-order chi connectivity index (χ0) is 23.3. The highest BCUT2D eigenvalue weighted by Crippen LogP contribution is 2.38. The molecule has 0 aliphatic heterocycles. The molecule has 0 aliphatic rings. The Balaban J connectivity index is 1.78. The monoisotopic (exact) mass is 442 g/mol. The summed E-state index contributed by atoms with van der Waals surface area (Å²) in [5.74, 6) is 0.195. The number of H-pyrrole nitrogens is 1. The van der Waals surface area contributed by atoms with Gasteiger partial charge in [0.05, 0.1) is 22.5 Å². The van der Waals surface area contributed by atoms with Crippen molar-refractivity contribution in [3.05, 3.63) is 59.8 Å². The molecule has 33 heavy (non-hydrogen) atoms. The van der Waals surface area contributed by atoms with Gasteiger partial charge in [0.15, 0.2) is 5.82 Å². The number of amides is 1. The summed E-state index contributed by atoms with van der Waals surface area (Å²) in [4.78, 5) is 12.4. The topological polar surface area (TPSA) is 129 Å². The van der Waals surface area contributed by atoms with E-state index in [9.17, 15) is 15.0 Å². The van der Waals surface area contributed by atoms with Gasteiger partial charge >= 0.3 is 6.01 Å². The molecule has 5 rings (SSSR count). The number of aromatic nitrogens is 5. The number of phenols is 1. The first-order valence-electron chi connectivity index (χ1n) is 10.5. The minimum atomic E-state index is -0.335. The van der Waals surface area contributed by atoms with Crippen molar-refractivity contribution in [1.82, 2.24) is 30.3 Å². The Morgan fingerprint density at radius 1 is 1.03 bits per heavy atom. The van der Waals surface area contributed by atoms with Crippen LogP contribution in [0.3, 0.4) is 0 Å². The Labute approximate surface area is 188 Å². The third kappa shape index (κ3) is 3.16. The summed E-state index contributed by atoms with van der Waals surface area (Å²) < 4.78 is 1.46. The highest BCUT2D eigenvalue weighted by molar-refractivity contribution is 6.09. The first-order valence-corrected chi connectivity index (χ1v) is 10.5. The molecule has 5 aromatic rings. The Kier molecular flexibility index (Phi) is 4.74. The van der Waals surface area contributed by atoms with Gasteiger partial charge < -0.3 is 15.5 Å². The lowest BCUT2D eigenvalue weighted by Crippen LogP contribution is -2.18. The first-order chi connectivity index (χ1) is 15.9. The lowest BCUT2D eigenvalue weighted by Gasteiger charge is -2.14. The predicted octanol–water partition coefficient (Wildman–Crippen LogP) is 3.86. The van der Waals surface area contributed by atoms with Gasteiger partial charge in [-0.25, -0.2) is 4.57 Å². The smallest absolute Gasteiger partial charge is 0.319 e. The van der Waals surface area contributed by atoms with Crippen LogP contribution in [-0.2, 0) is 0 Å². The molecular formula is C24H22N6O3. The Morgan fingerprint density at radius 3 is 2.52 bits per heavy atom. The van der Waals surface area contributed by atoms with Crippen LogP contribution in [0.25, 0.3) is 38.8 Å². The Morgan fingerprint density at radius 2 is 1.79 bits per heavy atom. The number of hydrogen-bond donors (Lipinski definition) is 4. The van der Waals surface area contributed by atoms with E-state index in [-0.39, 0.29) is 29.4 Å². The molecule has 9 heteroatoms. The normalized spacial score (nSPS) is 11.5. The molecule has 0 saturated heterocycles. The second-order valence-electron chi connectivity index (χ2n) is 8.09. The fourth-order valence-corrected chi connectivity index (χ4v) is 4.18. The van der Waals surface area contributed by atoms with Crippen molar-refractivity contribution >= 4 is 27.6 Å². The fourth-order valence-electron chi connectivity index (χ4n) is 4.18. The molecule has 0 unspecified atom stereocenters. The van der Waals surface area contributed by atoms with Crippen molar-refractivity contribution < 1.29 is 15.0 Å². The Hall–Kier alpha value is -4.40. The van der Waals surface area contributed by atoms with Crippen molar-refractivity contribution in [3.8, 4) is 28.8 Å². The molecule has 2 aromatic heterocycles. The van der Waals surface area contributed by atoms with Gasteiger partial charge in [-0.2, -0.15) is 5.10 Å². The maximum Gasteiger partial charge on any atom is 0.319 e. The van der Waals surface area contributed by atoms with Crippen molar-refractivity contribution in [2.75, 3.05) is 7.05 Å². The number of carbonyl (C=O) groups excluding carboxylic acids is 1. The summed E-state index contributed by atoms with van der Waals surface area (Å²) in [6, 6.07) is 13.9. The van der Waals surface area contributed by atoms with E-state index in [1.165, 1.54) is 4.57 Å². The van der Waals surface area contributed by atoms with Gasteiger partial charge in [0, 0.05) is 29.4 Å². The summed E-state index contributed by atoms with van der Waals surface area (Å²) in [7, 11) is 1.58. The zero-order valence-corrected chi connectivity index (χ0v) is 18.3. The maximum absolute atomic E-state index is 12.4. The predicted molar refractivity (Wildman–Crippen MR) is 125 cm³/mol. The molecule has 1 amide bonds.